The second kappa shape index (κ2) is 10.0. The zero-order valence-corrected chi connectivity index (χ0v) is 20.2. The summed E-state index contributed by atoms with van der Waals surface area (Å²) in [5, 5.41) is 4.75. The molecule has 0 unspecified atom stereocenters. The number of nitrogens with two attached hydrogens (primary N) is 1. The number of pyridine rings is 2. The quantitative estimate of drug-likeness (QED) is 0.0860. The Kier molecular flexibility index (Phi) is 6.47. The van der Waals surface area contributed by atoms with Gasteiger partial charge in [0.25, 0.3) is 11.7 Å². The van der Waals surface area contributed by atoms with E-state index in [1.807, 2.05) is 11.0 Å². The van der Waals surface area contributed by atoms with Crippen molar-refractivity contribution in [3.63, 3.8) is 0 Å². The number of H-pyrrole nitrogens is 1. The van der Waals surface area contributed by atoms with Gasteiger partial charge in [0.15, 0.2) is 11.6 Å². The van der Waals surface area contributed by atoms with Crippen LogP contribution in [-0.2, 0) is 4.79 Å². The Hall–Kier alpha value is -4.85. The van der Waals surface area contributed by atoms with E-state index in [-0.39, 0.29) is 5.56 Å². The van der Waals surface area contributed by atoms with Crippen LogP contribution in [0.3, 0.4) is 0 Å². The number of fused-ring (bicyclic) bond motifs is 1. The van der Waals surface area contributed by atoms with Crippen LogP contribution in [-0.4, -0.2) is 90.5 Å². The summed E-state index contributed by atoms with van der Waals surface area (Å²) in [7, 11) is 1.48. The van der Waals surface area contributed by atoms with E-state index in [0.29, 0.717) is 66.3 Å². The van der Waals surface area contributed by atoms with E-state index < -0.39 is 11.7 Å². The van der Waals surface area contributed by atoms with Gasteiger partial charge >= 0.3 is 0 Å². The molecule has 1 saturated heterocycles. The number of amides is 1. The summed E-state index contributed by atoms with van der Waals surface area (Å²) in [5.74, 6) is 6.73. The van der Waals surface area contributed by atoms with Gasteiger partial charge in [-0.1, -0.05) is 6.07 Å². The highest BCUT2D eigenvalue weighted by atomic mass is 16.5. The van der Waals surface area contributed by atoms with Crippen molar-refractivity contribution < 1.29 is 14.3 Å². The molecule has 1 aliphatic heterocycles. The minimum Gasteiger partial charge on any atom is -0.494 e. The molecule has 0 radical (unpaired) electrons. The van der Waals surface area contributed by atoms with Gasteiger partial charge in [-0.25, -0.2) is 25.5 Å². The molecule has 4 aromatic heterocycles. The number of carbonyl (C=O) groups is 2. The normalized spacial score (nSPS) is 14.2. The molecule has 0 atom stereocenters. The third-order valence-corrected chi connectivity index (χ3v) is 6.00. The summed E-state index contributed by atoms with van der Waals surface area (Å²) >= 11 is 0. The van der Waals surface area contributed by atoms with E-state index in [1.165, 1.54) is 35.4 Å². The van der Waals surface area contributed by atoms with Crippen LogP contribution in [0.4, 0.5) is 5.82 Å². The number of hydrazine groups is 1. The van der Waals surface area contributed by atoms with Crippen molar-refractivity contribution >= 4 is 34.4 Å². The summed E-state index contributed by atoms with van der Waals surface area (Å²) in [5.41, 5.74) is 3.30. The highest BCUT2D eigenvalue weighted by Gasteiger charge is 2.31. The van der Waals surface area contributed by atoms with Gasteiger partial charge in [0.05, 0.1) is 29.8 Å². The molecule has 0 bridgehead atoms. The second-order valence-electron chi connectivity index (χ2n) is 8.21. The molecule has 5 rings (SSSR count). The Morgan fingerprint density at radius 1 is 1.14 bits per heavy atom. The number of carbonyl (C=O) groups excluding carboxylic acids is 2. The van der Waals surface area contributed by atoms with E-state index in [2.05, 4.69) is 35.5 Å². The average molecular weight is 504 g/mol. The highest BCUT2D eigenvalue weighted by Crippen LogP contribution is 2.31. The molecule has 190 valence electrons. The van der Waals surface area contributed by atoms with Crippen molar-refractivity contribution in [3.05, 3.63) is 54.5 Å². The van der Waals surface area contributed by atoms with E-state index >= 15 is 0 Å². The average Bonchev–Trinajstić information content (AvgIpc) is 3.58. The van der Waals surface area contributed by atoms with Gasteiger partial charge in [0, 0.05) is 38.6 Å². The van der Waals surface area contributed by atoms with Crippen molar-refractivity contribution in [3.8, 4) is 11.6 Å². The van der Waals surface area contributed by atoms with Crippen LogP contribution in [0.5, 0.6) is 5.75 Å². The van der Waals surface area contributed by atoms with E-state index in [4.69, 9.17) is 10.6 Å². The molecule has 0 saturated carbocycles. The van der Waals surface area contributed by atoms with Crippen molar-refractivity contribution in [2.24, 2.45) is 10.8 Å². The lowest BCUT2D eigenvalue weighted by Gasteiger charge is -2.35. The van der Waals surface area contributed by atoms with Gasteiger partial charge in [0.1, 0.15) is 17.9 Å². The fourth-order valence-electron chi connectivity index (χ4n) is 4.16. The minimum atomic E-state index is -0.649. The van der Waals surface area contributed by atoms with Crippen LogP contribution >= 0.6 is 0 Å². The first-order valence-electron chi connectivity index (χ1n) is 11.5. The lowest BCUT2D eigenvalue weighted by Crippen LogP contribution is -2.55. The molecule has 4 N–H and O–H groups in total. The number of guanidine groups is 1. The summed E-state index contributed by atoms with van der Waals surface area (Å²) in [6.07, 6.45) is 6.15. The standard InChI is InChI=1S/C23H25N11O3/c1-14-28-13-34(31-14)21-19-18(16(37-2)12-27-21)15(11-26-19)20(35)22(36)32-7-9-33(10-8-32)23(30-24)29-17-5-3-4-6-25-17/h3-6,11-13,26H,7-10,24H2,1-2H3,(H,25,29,30). The van der Waals surface area contributed by atoms with Gasteiger partial charge < -0.3 is 19.5 Å². The van der Waals surface area contributed by atoms with Gasteiger partial charge in [-0.3, -0.25) is 15.0 Å². The molecule has 0 aliphatic carbocycles. The molecule has 1 amide bonds. The van der Waals surface area contributed by atoms with Crippen LogP contribution in [0, 0.1) is 6.92 Å². The molecule has 4 aromatic rings. The number of ether oxygens (including phenoxy) is 1. The van der Waals surface area contributed by atoms with Gasteiger partial charge in [-0.15, -0.1) is 0 Å². The lowest BCUT2D eigenvalue weighted by atomic mass is 10.1. The van der Waals surface area contributed by atoms with Crippen LogP contribution < -0.4 is 16.0 Å². The molecular formula is C23H25N11O3. The number of rotatable bonds is 5. The topological polar surface area (TPSA) is 173 Å². The van der Waals surface area contributed by atoms with Crippen LogP contribution in [0.2, 0.25) is 0 Å². The van der Waals surface area contributed by atoms with Crippen LogP contribution in [0.15, 0.2) is 48.1 Å². The predicted molar refractivity (Wildman–Crippen MR) is 133 cm³/mol. The fourth-order valence-corrected chi connectivity index (χ4v) is 4.16. The number of ketones is 1. The Morgan fingerprint density at radius 3 is 2.57 bits per heavy atom. The number of hydrogen-bond acceptors (Lipinski definition) is 9. The first-order chi connectivity index (χ1) is 18.0. The number of aliphatic imine (C=N–C) groups is 1. The molecule has 14 nitrogen and oxygen atoms in total. The molecular weight excluding hydrogens is 478 g/mol. The monoisotopic (exact) mass is 503 g/mol. The maximum atomic E-state index is 13.4. The molecule has 14 heteroatoms. The number of aromatic nitrogens is 6. The van der Waals surface area contributed by atoms with Crippen molar-refractivity contribution in [2.75, 3.05) is 33.3 Å². The van der Waals surface area contributed by atoms with Crippen LogP contribution in [0.1, 0.15) is 16.2 Å². The lowest BCUT2D eigenvalue weighted by molar-refractivity contribution is -0.127. The van der Waals surface area contributed by atoms with E-state index in [9.17, 15) is 9.59 Å². The zero-order valence-electron chi connectivity index (χ0n) is 20.2. The molecule has 5 heterocycles. The number of nitrogens with zero attached hydrogens (tertiary/aromatic N) is 8. The number of Topliss-reactive ketones (excluding diaryl/α,β-unsaturated/α-hetero) is 1. The van der Waals surface area contributed by atoms with Crippen LogP contribution in [0.25, 0.3) is 16.7 Å². The number of methoxy groups -OCH3 is 1. The first kappa shape index (κ1) is 23.9. The number of aryl methyl sites for hydroxylation is 1. The smallest absolute Gasteiger partial charge is 0.295 e. The van der Waals surface area contributed by atoms with E-state index in [1.54, 1.807) is 25.3 Å². The summed E-state index contributed by atoms with van der Waals surface area (Å²) < 4.78 is 6.95. The maximum absolute atomic E-state index is 13.4. The summed E-state index contributed by atoms with van der Waals surface area (Å²) in [6.45, 7) is 3.27. The number of aromatic amines is 1. The fraction of sp³-hybridized carbons (Fsp3) is 0.261. The van der Waals surface area contributed by atoms with Crippen molar-refractivity contribution in [2.45, 2.75) is 6.92 Å². The van der Waals surface area contributed by atoms with Crippen molar-refractivity contribution in [1.29, 1.82) is 0 Å². The Labute approximate surface area is 211 Å². The third-order valence-electron chi connectivity index (χ3n) is 6.00. The summed E-state index contributed by atoms with van der Waals surface area (Å²) in [6, 6.07) is 5.39. The minimum absolute atomic E-state index is 0.195. The third kappa shape index (κ3) is 4.56. The van der Waals surface area contributed by atoms with Gasteiger partial charge in [-0.2, -0.15) is 10.1 Å². The number of hydrogen-bond donors (Lipinski definition) is 3. The maximum Gasteiger partial charge on any atom is 0.295 e. The van der Waals surface area contributed by atoms with Gasteiger partial charge in [0.2, 0.25) is 5.96 Å². The van der Waals surface area contributed by atoms with E-state index in [0.717, 1.165) is 0 Å². The Morgan fingerprint density at radius 2 is 1.92 bits per heavy atom. The second-order valence-corrected chi connectivity index (χ2v) is 8.21. The predicted octanol–water partition coefficient (Wildman–Crippen LogP) is 0.334. The number of piperazine rings is 1. The Balaban J connectivity index is 1.35. The number of nitrogens with one attached hydrogen (secondary N) is 2. The summed E-state index contributed by atoms with van der Waals surface area (Å²) in [4.78, 5) is 50.2. The zero-order chi connectivity index (χ0) is 25.9. The largest absolute Gasteiger partial charge is 0.494 e. The molecule has 1 aliphatic rings. The molecule has 0 aromatic carbocycles. The SMILES string of the molecule is COc1cnc(-n2cnc(C)n2)c2[nH]cc(C(=O)C(=O)N3CCN(/C(=N\c4ccccn4)NN)CC3)c12. The van der Waals surface area contributed by atoms with Gasteiger partial charge in [-0.05, 0) is 19.1 Å². The first-order valence-corrected chi connectivity index (χ1v) is 11.5. The molecule has 1 fully saturated rings. The molecule has 37 heavy (non-hydrogen) atoms. The van der Waals surface area contributed by atoms with Crippen molar-refractivity contribution in [1.82, 2.24) is 44.9 Å². The molecule has 0 spiro atoms. The highest BCUT2D eigenvalue weighted by molar-refractivity contribution is 6.45. The Bertz CT molecular complexity index is 1470.